The van der Waals surface area contributed by atoms with Gasteiger partial charge in [0.25, 0.3) is 0 Å². The third-order valence-corrected chi connectivity index (χ3v) is 3.76. The normalized spacial score (nSPS) is 15.2. The smallest absolute Gasteiger partial charge is 0.227 e. The summed E-state index contributed by atoms with van der Waals surface area (Å²) < 4.78 is 0. The van der Waals surface area contributed by atoms with Crippen molar-refractivity contribution in [3.05, 3.63) is 24.3 Å². The van der Waals surface area contributed by atoms with Gasteiger partial charge in [0.15, 0.2) is 0 Å². The summed E-state index contributed by atoms with van der Waals surface area (Å²) in [5.74, 6) is 0.641. The molecule has 0 aliphatic heterocycles. The lowest BCUT2D eigenvalue weighted by Gasteiger charge is -2.11. The standard InChI is InChI=1S/C17H24N2O2/c1-12(2)11-16(20)18-14-7-9-15(10-8-14)19-17(21)13-5-3-4-6-13/h7-10,12-13H,3-6,11H2,1-2H3,(H,18,20)(H,19,21). The molecule has 0 saturated heterocycles. The van der Waals surface area contributed by atoms with Crippen LogP contribution >= 0.6 is 0 Å². The summed E-state index contributed by atoms with van der Waals surface area (Å²) >= 11 is 0. The Balaban J connectivity index is 1.86. The minimum atomic E-state index is 0.0211. The van der Waals surface area contributed by atoms with Crippen LogP contribution < -0.4 is 10.6 Å². The highest BCUT2D eigenvalue weighted by atomic mass is 16.2. The number of carbonyl (C=O) groups excluding carboxylic acids is 2. The van der Waals surface area contributed by atoms with E-state index in [1.165, 1.54) is 0 Å². The average Bonchev–Trinajstić information content (AvgIpc) is 2.94. The van der Waals surface area contributed by atoms with Gasteiger partial charge in [-0.3, -0.25) is 9.59 Å². The number of anilines is 2. The Morgan fingerprint density at radius 1 is 1.05 bits per heavy atom. The monoisotopic (exact) mass is 288 g/mol. The summed E-state index contributed by atoms with van der Waals surface area (Å²) in [4.78, 5) is 23.7. The lowest BCUT2D eigenvalue weighted by atomic mass is 10.1. The maximum Gasteiger partial charge on any atom is 0.227 e. The Bertz CT molecular complexity index is 488. The van der Waals surface area contributed by atoms with Crippen LogP contribution in [0.4, 0.5) is 11.4 Å². The van der Waals surface area contributed by atoms with Gasteiger partial charge in [0.05, 0.1) is 0 Å². The number of nitrogens with one attached hydrogen (secondary N) is 2. The van der Waals surface area contributed by atoms with Crippen molar-refractivity contribution in [1.82, 2.24) is 0 Å². The molecule has 0 heterocycles. The molecule has 4 nitrogen and oxygen atoms in total. The fourth-order valence-electron chi connectivity index (χ4n) is 2.65. The maximum absolute atomic E-state index is 12.0. The van der Waals surface area contributed by atoms with Crippen molar-refractivity contribution in [2.24, 2.45) is 11.8 Å². The van der Waals surface area contributed by atoms with Crippen molar-refractivity contribution in [3.8, 4) is 0 Å². The van der Waals surface area contributed by atoms with Gasteiger partial charge in [-0.05, 0) is 43.0 Å². The molecule has 1 aliphatic rings. The summed E-state index contributed by atoms with van der Waals surface area (Å²) in [6.45, 7) is 4.03. The fourth-order valence-corrected chi connectivity index (χ4v) is 2.65. The molecule has 0 bridgehead atoms. The summed E-state index contributed by atoms with van der Waals surface area (Å²) in [5, 5.41) is 5.80. The molecule has 1 aromatic carbocycles. The highest BCUT2D eigenvalue weighted by Crippen LogP contribution is 2.26. The maximum atomic E-state index is 12.0. The Morgan fingerprint density at radius 2 is 1.57 bits per heavy atom. The molecule has 2 rings (SSSR count). The van der Waals surface area contributed by atoms with E-state index in [0.29, 0.717) is 12.3 Å². The summed E-state index contributed by atoms with van der Waals surface area (Å²) in [6, 6.07) is 7.31. The Labute approximate surface area is 126 Å². The van der Waals surface area contributed by atoms with E-state index in [1.54, 1.807) is 0 Å². The van der Waals surface area contributed by atoms with Gasteiger partial charge in [-0.15, -0.1) is 0 Å². The molecule has 21 heavy (non-hydrogen) atoms. The molecule has 0 spiro atoms. The second-order valence-electron chi connectivity index (χ2n) is 6.19. The van der Waals surface area contributed by atoms with E-state index in [1.807, 2.05) is 38.1 Å². The van der Waals surface area contributed by atoms with Gasteiger partial charge >= 0.3 is 0 Å². The van der Waals surface area contributed by atoms with E-state index in [-0.39, 0.29) is 17.7 Å². The summed E-state index contributed by atoms with van der Waals surface area (Å²) in [7, 11) is 0. The van der Waals surface area contributed by atoms with E-state index < -0.39 is 0 Å². The zero-order chi connectivity index (χ0) is 15.2. The molecule has 1 fully saturated rings. The number of benzene rings is 1. The Morgan fingerprint density at radius 3 is 2.10 bits per heavy atom. The van der Waals surface area contributed by atoms with Gasteiger partial charge in [0, 0.05) is 23.7 Å². The quantitative estimate of drug-likeness (QED) is 0.865. The SMILES string of the molecule is CC(C)CC(=O)Nc1ccc(NC(=O)C2CCCC2)cc1. The topological polar surface area (TPSA) is 58.2 Å². The molecule has 4 heteroatoms. The first kappa shape index (κ1) is 15.5. The largest absolute Gasteiger partial charge is 0.326 e. The number of hydrogen-bond donors (Lipinski definition) is 2. The molecular weight excluding hydrogens is 264 g/mol. The lowest BCUT2D eigenvalue weighted by molar-refractivity contribution is -0.119. The predicted molar refractivity (Wildman–Crippen MR) is 85.1 cm³/mol. The molecule has 2 N–H and O–H groups in total. The summed E-state index contributed by atoms with van der Waals surface area (Å²) in [6.07, 6.45) is 4.81. The van der Waals surface area contributed by atoms with Crippen LogP contribution in [0.3, 0.4) is 0 Å². The highest BCUT2D eigenvalue weighted by Gasteiger charge is 2.22. The van der Waals surface area contributed by atoms with Crippen LogP contribution in [0.2, 0.25) is 0 Å². The van der Waals surface area contributed by atoms with Gasteiger partial charge in [0.2, 0.25) is 11.8 Å². The number of rotatable bonds is 5. The van der Waals surface area contributed by atoms with Gasteiger partial charge in [-0.1, -0.05) is 26.7 Å². The Kier molecular flexibility index (Phi) is 5.37. The molecule has 0 unspecified atom stereocenters. The van der Waals surface area contributed by atoms with Crippen molar-refractivity contribution in [1.29, 1.82) is 0 Å². The molecule has 0 atom stereocenters. The predicted octanol–water partition coefficient (Wildman–Crippen LogP) is 3.80. The van der Waals surface area contributed by atoms with E-state index in [4.69, 9.17) is 0 Å². The minimum Gasteiger partial charge on any atom is -0.326 e. The third-order valence-electron chi connectivity index (χ3n) is 3.76. The van der Waals surface area contributed by atoms with Gasteiger partial charge in [-0.2, -0.15) is 0 Å². The molecular formula is C17H24N2O2. The van der Waals surface area contributed by atoms with Gasteiger partial charge in [-0.25, -0.2) is 0 Å². The molecule has 1 aliphatic carbocycles. The molecule has 2 amide bonds. The molecule has 0 aromatic heterocycles. The van der Waals surface area contributed by atoms with Crippen LogP contribution in [-0.4, -0.2) is 11.8 Å². The molecule has 1 saturated carbocycles. The van der Waals surface area contributed by atoms with Crippen LogP contribution in [0.15, 0.2) is 24.3 Å². The number of carbonyl (C=O) groups is 2. The van der Waals surface area contributed by atoms with Gasteiger partial charge in [0.1, 0.15) is 0 Å². The van der Waals surface area contributed by atoms with E-state index in [9.17, 15) is 9.59 Å². The van der Waals surface area contributed by atoms with Crippen molar-refractivity contribution in [2.45, 2.75) is 46.0 Å². The first-order chi connectivity index (χ1) is 10.0. The minimum absolute atomic E-state index is 0.0211. The number of amides is 2. The second kappa shape index (κ2) is 7.25. The number of hydrogen-bond acceptors (Lipinski definition) is 2. The van der Waals surface area contributed by atoms with Gasteiger partial charge < -0.3 is 10.6 Å². The van der Waals surface area contributed by atoms with Crippen LogP contribution in [0.25, 0.3) is 0 Å². The zero-order valence-electron chi connectivity index (χ0n) is 12.8. The summed E-state index contributed by atoms with van der Waals surface area (Å²) in [5.41, 5.74) is 1.55. The van der Waals surface area contributed by atoms with E-state index in [0.717, 1.165) is 37.1 Å². The van der Waals surface area contributed by atoms with Crippen LogP contribution in [0.5, 0.6) is 0 Å². The first-order valence-corrected chi connectivity index (χ1v) is 7.75. The third kappa shape index (κ3) is 4.88. The second-order valence-corrected chi connectivity index (χ2v) is 6.19. The fraction of sp³-hybridized carbons (Fsp3) is 0.529. The highest BCUT2D eigenvalue weighted by molar-refractivity contribution is 5.94. The zero-order valence-corrected chi connectivity index (χ0v) is 12.8. The van der Waals surface area contributed by atoms with Crippen molar-refractivity contribution in [2.75, 3.05) is 10.6 Å². The molecule has 114 valence electrons. The van der Waals surface area contributed by atoms with Crippen molar-refractivity contribution >= 4 is 23.2 Å². The van der Waals surface area contributed by atoms with Crippen molar-refractivity contribution < 1.29 is 9.59 Å². The van der Waals surface area contributed by atoms with Crippen molar-refractivity contribution in [3.63, 3.8) is 0 Å². The first-order valence-electron chi connectivity index (χ1n) is 7.75. The van der Waals surface area contributed by atoms with E-state index >= 15 is 0 Å². The molecule has 0 radical (unpaired) electrons. The Hall–Kier alpha value is -1.84. The molecule has 1 aromatic rings. The van der Waals surface area contributed by atoms with Crippen LogP contribution in [0.1, 0.15) is 46.0 Å². The lowest BCUT2D eigenvalue weighted by Crippen LogP contribution is -2.20. The van der Waals surface area contributed by atoms with Crippen LogP contribution in [0, 0.1) is 11.8 Å². The van der Waals surface area contributed by atoms with Crippen LogP contribution in [-0.2, 0) is 9.59 Å². The average molecular weight is 288 g/mol. The van der Waals surface area contributed by atoms with E-state index in [2.05, 4.69) is 10.6 Å².